The zero-order valence-electron chi connectivity index (χ0n) is 31.5. The third kappa shape index (κ3) is 7.36. The van der Waals surface area contributed by atoms with Crippen LogP contribution in [0.1, 0.15) is 72.4 Å². The fourth-order valence-electron chi connectivity index (χ4n) is 8.42. The molecular weight excluding hydrogens is 767 g/mol. The molecule has 1 unspecified atom stereocenters. The van der Waals surface area contributed by atoms with Crippen LogP contribution in [0.5, 0.6) is 5.75 Å². The lowest BCUT2D eigenvalue weighted by Gasteiger charge is -2.37. The average molecular weight is 807 g/mol. The summed E-state index contributed by atoms with van der Waals surface area (Å²) in [5.41, 5.74) is -0.203. The maximum absolute atomic E-state index is 15.8. The number of amides is 3. The average Bonchev–Trinajstić information content (AvgIpc) is 3.71. The quantitative estimate of drug-likeness (QED) is 0.141. The highest BCUT2D eigenvalue weighted by Crippen LogP contribution is 2.40. The molecule has 8 rings (SSSR count). The van der Waals surface area contributed by atoms with E-state index in [2.05, 4.69) is 15.6 Å². The molecule has 2 aliphatic heterocycles. The fraction of sp³-hybridized carbons (Fsp3) is 0.400. The largest absolute Gasteiger partial charge is 0.494 e. The number of imidazole rings is 1. The third-order valence-electron chi connectivity index (χ3n) is 11.4. The minimum atomic E-state index is -4.70. The number of hydrogen-bond donors (Lipinski definition) is 2. The van der Waals surface area contributed by atoms with Gasteiger partial charge in [-0.25, -0.2) is 9.78 Å². The molecule has 13 nitrogen and oxygen atoms in total. The van der Waals surface area contributed by atoms with Gasteiger partial charge >= 0.3 is 11.9 Å². The number of piperidine rings is 1. The molecule has 2 fully saturated rings. The van der Waals surface area contributed by atoms with Gasteiger partial charge in [-0.2, -0.15) is 27.1 Å². The van der Waals surface area contributed by atoms with E-state index in [4.69, 9.17) is 9.84 Å². The Morgan fingerprint density at radius 1 is 1.02 bits per heavy atom. The minimum absolute atomic E-state index is 0.0482. The molecule has 1 aliphatic carbocycles. The number of hydrogen-bond acceptors (Lipinski definition) is 8. The Morgan fingerprint density at radius 2 is 1.79 bits per heavy atom. The number of carbonyl (C=O) groups excluding carboxylic acids is 3. The van der Waals surface area contributed by atoms with Crippen LogP contribution >= 0.6 is 0 Å². The molecule has 58 heavy (non-hydrogen) atoms. The van der Waals surface area contributed by atoms with Gasteiger partial charge in [0.25, 0.3) is 11.8 Å². The summed E-state index contributed by atoms with van der Waals surface area (Å²) in [7, 11) is 2.93. The maximum Gasteiger partial charge on any atom is 0.433 e. The van der Waals surface area contributed by atoms with Crippen molar-refractivity contribution >= 4 is 50.9 Å². The highest BCUT2D eigenvalue weighted by Gasteiger charge is 2.41. The van der Waals surface area contributed by atoms with Crippen molar-refractivity contribution in [1.82, 2.24) is 34.1 Å². The minimum Gasteiger partial charge on any atom is -0.494 e. The van der Waals surface area contributed by atoms with Gasteiger partial charge in [-0.3, -0.25) is 38.4 Å². The van der Waals surface area contributed by atoms with Crippen molar-refractivity contribution < 1.29 is 41.1 Å². The van der Waals surface area contributed by atoms with Gasteiger partial charge in [-0.1, -0.05) is 18.2 Å². The van der Waals surface area contributed by atoms with E-state index >= 15 is 8.78 Å². The topological polar surface area (TPSA) is 145 Å². The van der Waals surface area contributed by atoms with Crippen LogP contribution in [-0.4, -0.2) is 79.2 Å². The molecule has 304 valence electrons. The Bertz CT molecular complexity index is 2550. The molecule has 0 radical (unpaired) electrons. The number of pyridine rings is 1. The number of methoxy groups -OCH3 is 1. The summed E-state index contributed by atoms with van der Waals surface area (Å²) in [6, 6.07) is 10.2. The van der Waals surface area contributed by atoms with Crippen molar-refractivity contribution in [3.05, 3.63) is 88.2 Å². The number of benzene rings is 2. The number of rotatable bonds is 8. The molecule has 5 heterocycles. The highest BCUT2D eigenvalue weighted by molar-refractivity contribution is 6.05. The molecule has 3 aliphatic rings. The van der Waals surface area contributed by atoms with Crippen molar-refractivity contribution in [3.8, 4) is 5.75 Å². The van der Waals surface area contributed by atoms with Crippen LogP contribution in [0.4, 0.5) is 27.6 Å². The first kappa shape index (κ1) is 38.9. The van der Waals surface area contributed by atoms with E-state index < -0.39 is 59.5 Å². The van der Waals surface area contributed by atoms with Crippen molar-refractivity contribution in [1.29, 1.82) is 0 Å². The molecule has 5 aromatic rings. The number of aryl methyl sites for hydroxylation is 1. The van der Waals surface area contributed by atoms with E-state index in [0.717, 1.165) is 37.8 Å². The molecule has 1 saturated carbocycles. The van der Waals surface area contributed by atoms with Crippen LogP contribution in [0.3, 0.4) is 0 Å². The molecule has 0 spiro atoms. The molecule has 3 aromatic heterocycles. The Balaban J connectivity index is 0.909. The number of nitrogens with one attached hydrogen (secondary N) is 2. The second-order valence-corrected chi connectivity index (χ2v) is 15.2. The first-order valence-corrected chi connectivity index (χ1v) is 18.9. The number of imide groups is 1. The van der Waals surface area contributed by atoms with Gasteiger partial charge in [0, 0.05) is 49.8 Å². The number of aromatic nitrogens is 5. The second kappa shape index (κ2) is 14.8. The lowest BCUT2D eigenvalue weighted by molar-refractivity contribution is -0.141. The summed E-state index contributed by atoms with van der Waals surface area (Å²) in [5, 5.41) is 10.3. The zero-order chi connectivity index (χ0) is 41.1. The SMILES string of the molecule is COc1cc2nn(C3CCC(CN4CC=C(c5ccc6c(c5)n(C)c(=O)n6C5CCC(=O)NC5=O)C(F)(F)C4)CC3)cc2cc1NC(=O)c1cccc(C(F)(F)F)n1. The van der Waals surface area contributed by atoms with E-state index in [-0.39, 0.29) is 41.8 Å². The van der Waals surface area contributed by atoms with E-state index in [9.17, 15) is 32.3 Å². The molecule has 18 heteroatoms. The predicted molar refractivity (Wildman–Crippen MR) is 202 cm³/mol. The summed E-state index contributed by atoms with van der Waals surface area (Å²) in [6.07, 6.45) is 2.07. The smallest absolute Gasteiger partial charge is 0.433 e. The van der Waals surface area contributed by atoms with Crippen molar-refractivity contribution in [3.63, 3.8) is 0 Å². The van der Waals surface area contributed by atoms with Crippen LogP contribution in [0.2, 0.25) is 0 Å². The monoisotopic (exact) mass is 806 g/mol. The van der Waals surface area contributed by atoms with Crippen molar-refractivity contribution in [2.75, 3.05) is 32.1 Å². The first-order valence-electron chi connectivity index (χ1n) is 18.9. The Kier molecular flexibility index (Phi) is 9.93. The second-order valence-electron chi connectivity index (χ2n) is 15.2. The molecule has 3 amide bonds. The summed E-state index contributed by atoms with van der Waals surface area (Å²) < 4.78 is 81.1. The number of alkyl halides is 5. The fourth-order valence-corrected chi connectivity index (χ4v) is 8.42. The van der Waals surface area contributed by atoms with Crippen molar-refractivity contribution in [2.45, 2.75) is 62.7 Å². The first-order chi connectivity index (χ1) is 27.6. The van der Waals surface area contributed by atoms with Gasteiger partial charge in [-0.05, 0) is 73.9 Å². The normalized spacial score (nSPS) is 21.6. The lowest BCUT2D eigenvalue weighted by atomic mass is 9.85. The van der Waals surface area contributed by atoms with Crippen LogP contribution < -0.4 is 21.1 Å². The van der Waals surface area contributed by atoms with Crippen LogP contribution in [-0.2, 0) is 22.8 Å². The molecule has 0 bridgehead atoms. The van der Waals surface area contributed by atoms with E-state index in [1.54, 1.807) is 41.3 Å². The molecule has 1 saturated heterocycles. The van der Waals surface area contributed by atoms with Gasteiger partial charge in [-0.15, -0.1) is 0 Å². The number of halogens is 5. The zero-order valence-corrected chi connectivity index (χ0v) is 31.5. The summed E-state index contributed by atoms with van der Waals surface area (Å²) in [6.45, 7) is 0.368. The number of carbonyl (C=O) groups is 3. The van der Waals surface area contributed by atoms with Crippen LogP contribution in [0.25, 0.3) is 27.5 Å². The molecule has 2 N–H and O–H groups in total. The van der Waals surface area contributed by atoms with E-state index in [1.807, 2.05) is 10.9 Å². The highest BCUT2D eigenvalue weighted by atomic mass is 19.4. The predicted octanol–water partition coefficient (Wildman–Crippen LogP) is 6.11. The maximum atomic E-state index is 15.8. The third-order valence-corrected chi connectivity index (χ3v) is 11.4. The molecule has 2 aromatic carbocycles. The summed E-state index contributed by atoms with van der Waals surface area (Å²) >= 11 is 0. The summed E-state index contributed by atoms with van der Waals surface area (Å²) in [5.74, 6) is -4.50. The Hall–Kier alpha value is -5.91. The van der Waals surface area contributed by atoms with Crippen LogP contribution in [0.15, 0.2) is 65.6 Å². The van der Waals surface area contributed by atoms with Gasteiger partial charge in [0.2, 0.25) is 11.8 Å². The van der Waals surface area contributed by atoms with E-state index in [0.29, 0.717) is 40.6 Å². The Morgan fingerprint density at radius 3 is 2.50 bits per heavy atom. The number of nitrogens with zero attached hydrogens (tertiary/aromatic N) is 6. The Labute approximate surface area is 327 Å². The number of ether oxygens (including phenoxy) is 1. The lowest BCUT2D eigenvalue weighted by Crippen LogP contribution is -2.44. The molecule has 1 atom stereocenters. The summed E-state index contributed by atoms with van der Waals surface area (Å²) in [4.78, 5) is 55.5. The standard InChI is InChI=1S/C40H39F5N8O5/c1-50-32-17-23(8-11-30(32)53(38(50)57)31-12-13-35(54)48-37(31)56)26-14-15-51(21-39(26,41)42)19-22-6-9-25(10-7-22)52-20-24-16-29(33(58-2)18-28(24)49-52)47-36(55)27-4-3-5-34(46-27)40(43,44)45/h3-5,8,11,14,16-18,20,22,25,31H,6-7,9-10,12-13,15,19,21H2,1-2H3,(H,47,55)(H,48,54,56). The van der Waals surface area contributed by atoms with Gasteiger partial charge < -0.3 is 10.1 Å². The number of fused-ring (bicyclic) bond motifs is 2. The molecular formula is C40H39F5N8O5. The van der Waals surface area contributed by atoms with E-state index in [1.165, 1.54) is 29.4 Å². The van der Waals surface area contributed by atoms with Gasteiger partial charge in [0.15, 0.2) is 0 Å². The van der Waals surface area contributed by atoms with Gasteiger partial charge in [0.1, 0.15) is 23.2 Å². The van der Waals surface area contributed by atoms with Crippen LogP contribution in [0, 0.1) is 5.92 Å². The van der Waals surface area contributed by atoms with Crippen molar-refractivity contribution in [2.24, 2.45) is 13.0 Å². The van der Waals surface area contributed by atoms with Gasteiger partial charge in [0.05, 0.1) is 41.9 Å². The number of anilines is 1.